The summed E-state index contributed by atoms with van der Waals surface area (Å²) in [4.78, 5) is 17.8. The molecule has 8 nitrogen and oxygen atoms in total. The van der Waals surface area contributed by atoms with E-state index in [1.807, 2.05) is 0 Å². The first kappa shape index (κ1) is 32.8. The second kappa shape index (κ2) is 10.8. The first-order valence-electron chi connectivity index (χ1n) is 16.3. The monoisotopic (exact) mass is 585 g/mol. The number of carboxylic acid groups (broad SMARTS) is 1. The maximum absolute atomic E-state index is 12.8. The fraction of sp³-hybridized carbons (Fsp3) is 0.853. The van der Waals surface area contributed by atoms with E-state index in [0.717, 1.165) is 44.9 Å². The van der Waals surface area contributed by atoms with Crippen molar-refractivity contribution < 1.29 is 15.0 Å². The number of hydrogen-bond acceptors (Lipinski definition) is 3. The number of carboxylic acids is 1. The van der Waals surface area contributed by atoms with Crippen molar-refractivity contribution in [3.8, 4) is 0 Å². The van der Waals surface area contributed by atoms with Gasteiger partial charge in [0.15, 0.2) is 5.96 Å². The molecule has 8 heteroatoms. The van der Waals surface area contributed by atoms with Crippen LogP contribution in [0.25, 0.3) is 0 Å². The highest BCUT2D eigenvalue weighted by atomic mass is 16.4. The summed E-state index contributed by atoms with van der Waals surface area (Å²) in [5, 5.41) is 28.5. The van der Waals surface area contributed by atoms with E-state index in [9.17, 15) is 15.0 Å². The third-order valence-corrected chi connectivity index (χ3v) is 14.1. The predicted octanol–water partition coefficient (Wildman–Crippen LogP) is 5.85. The van der Waals surface area contributed by atoms with Crippen LogP contribution in [0.3, 0.4) is 0 Å². The Kier molecular flexibility index (Phi) is 8.45. The highest BCUT2D eigenvalue weighted by molar-refractivity contribution is 5.91. The van der Waals surface area contributed by atoms with Gasteiger partial charge in [-0.1, -0.05) is 60.1 Å². The van der Waals surface area contributed by atoms with Gasteiger partial charge in [0, 0.05) is 14.1 Å². The molecular weight excluding hydrogens is 526 g/mol. The minimum atomic E-state index is -0.557. The lowest BCUT2D eigenvalue weighted by Gasteiger charge is -2.71. The molecule has 0 aromatic heterocycles. The van der Waals surface area contributed by atoms with Crippen molar-refractivity contribution in [2.24, 2.45) is 73.1 Å². The Morgan fingerprint density at radius 3 is 2.17 bits per heavy atom. The minimum absolute atomic E-state index is 0.0302. The zero-order valence-corrected chi connectivity index (χ0v) is 27.8. The first-order valence-corrected chi connectivity index (χ1v) is 16.3. The molecule has 5 rings (SSSR count). The number of aliphatic carboxylic acids is 1. The molecule has 0 bridgehead atoms. The maximum atomic E-state index is 12.8. The molecule has 5 aliphatic carbocycles. The Labute approximate surface area is 254 Å². The fourth-order valence-corrected chi connectivity index (χ4v) is 11.1. The van der Waals surface area contributed by atoms with Crippen LogP contribution in [-0.2, 0) is 4.79 Å². The molecule has 0 aliphatic heterocycles. The lowest BCUT2D eigenvalue weighted by atomic mass is 9.33. The molecule has 5 aliphatic rings. The molecule has 42 heavy (non-hydrogen) atoms. The van der Waals surface area contributed by atoms with Crippen LogP contribution in [0, 0.1) is 62.1 Å². The number of carbonyl (C=O) groups is 1. The van der Waals surface area contributed by atoms with Gasteiger partial charge in [-0.05, 0) is 109 Å². The van der Waals surface area contributed by atoms with Gasteiger partial charge in [0.2, 0.25) is 5.96 Å². The zero-order valence-electron chi connectivity index (χ0n) is 27.8. The lowest BCUT2D eigenvalue weighted by Crippen LogP contribution is -2.65. The molecule has 10 atom stereocenters. The first-order chi connectivity index (χ1) is 19.3. The Balaban J connectivity index is 0.000000392. The number of aliphatic hydroxyl groups is 1. The van der Waals surface area contributed by atoms with E-state index in [0.29, 0.717) is 23.7 Å². The molecule has 0 saturated heterocycles. The predicted molar refractivity (Wildman–Crippen MR) is 170 cm³/mol. The smallest absolute Gasteiger partial charge is 0.310 e. The van der Waals surface area contributed by atoms with Gasteiger partial charge in [0.25, 0.3) is 0 Å². The largest absolute Gasteiger partial charge is 0.481 e. The SMILES string of the molecule is CN(C)C(=N)N=C(N)N.C[C@H]1[C@H](C)CC[C@]2(C(=O)O)CC[C@]3(C)C(=CC[C@@H]4[C@@]5(C)CC[C@H](O)C(C)(C)[C@@H]5CC[C@]43C)[C@H]12. The van der Waals surface area contributed by atoms with Gasteiger partial charge in [-0.2, -0.15) is 4.99 Å². The van der Waals surface area contributed by atoms with E-state index >= 15 is 0 Å². The molecule has 0 aromatic carbocycles. The van der Waals surface area contributed by atoms with Gasteiger partial charge in [-0.15, -0.1) is 0 Å². The molecule has 4 fully saturated rings. The molecule has 7 N–H and O–H groups in total. The highest BCUT2D eigenvalue weighted by Gasteiger charge is 2.69. The fourth-order valence-electron chi connectivity index (χ4n) is 11.1. The van der Waals surface area contributed by atoms with Crippen LogP contribution in [-0.4, -0.2) is 53.2 Å². The number of hydrogen-bond donors (Lipinski definition) is 5. The van der Waals surface area contributed by atoms with Gasteiger partial charge in [-0.3, -0.25) is 10.2 Å². The third kappa shape index (κ3) is 4.69. The van der Waals surface area contributed by atoms with Crippen molar-refractivity contribution in [3.05, 3.63) is 11.6 Å². The number of aliphatic imine (C=N–C) groups is 1. The van der Waals surface area contributed by atoms with Crippen molar-refractivity contribution >= 4 is 17.9 Å². The van der Waals surface area contributed by atoms with Crippen molar-refractivity contribution in [2.45, 2.75) is 112 Å². The number of nitrogens with one attached hydrogen (secondary N) is 1. The summed E-state index contributed by atoms with van der Waals surface area (Å²) in [6.45, 7) is 17.0. The van der Waals surface area contributed by atoms with Crippen LogP contribution < -0.4 is 11.5 Å². The standard InChI is InChI=1S/C30H48O3.C4H11N5/c1-18-10-15-30(25(32)33)17-16-28(6)20(24(30)19(18)2)8-9-22-27(5)13-12-23(31)26(3,4)21(27)11-14-29(22,28)7;1-9(2)4(7)8-3(5)6/h8,18-19,21-24,31H,9-17H2,1-7H3,(H,32,33);1-2H3,(H5,5,6,7,8)/t18-,19+,21+,22-,23+,24+,27+,28-,29-,30+;/m1./s1. The lowest BCUT2D eigenvalue weighted by molar-refractivity contribution is -0.206. The topological polar surface area (TPSA) is 149 Å². The van der Waals surface area contributed by atoms with Gasteiger partial charge in [0.05, 0.1) is 11.5 Å². The maximum Gasteiger partial charge on any atom is 0.310 e. The van der Waals surface area contributed by atoms with E-state index in [4.69, 9.17) is 16.9 Å². The second-order valence-electron chi connectivity index (χ2n) is 16.2. The minimum Gasteiger partial charge on any atom is -0.481 e. The Morgan fingerprint density at radius 1 is 0.976 bits per heavy atom. The molecule has 0 aromatic rings. The summed E-state index contributed by atoms with van der Waals surface area (Å²) in [6, 6.07) is 0. The molecule has 0 radical (unpaired) electrons. The molecule has 0 unspecified atom stereocenters. The molecule has 0 spiro atoms. The van der Waals surface area contributed by atoms with E-state index in [1.54, 1.807) is 14.1 Å². The quantitative estimate of drug-likeness (QED) is 0.148. The Bertz CT molecular complexity index is 1140. The average molecular weight is 586 g/mol. The van der Waals surface area contributed by atoms with Crippen molar-refractivity contribution in [1.82, 2.24) is 4.90 Å². The van der Waals surface area contributed by atoms with E-state index < -0.39 is 11.4 Å². The summed E-state index contributed by atoms with van der Waals surface area (Å²) in [5.74, 6) is 1.79. The molecule has 0 heterocycles. The van der Waals surface area contributed by atoms with Crippen LogP contribution >= 0.6 is 0 Å². The van der Waals surface area contributed by atoms with Crippen molar-refractivity contribution in [3.63, 3.8) is 0 Å². The third-order valence-electron chi connectivity index (χ3n) is 14.1. The highest BCUT2D eigenvalue weighted by Crippen LogP contribution is 2.75. The number of fused-ring (bicyclic) bond motifs is 7. The second-order valence-corrected chi connectivity index (χ2v) is 16.2. The number of aliphatic hydroxyl groups excluding tert-OH is 1. The van der Waals surface area contributed by atoms with E-state index in [2.05, 4.69) is 59.5 Å². The van der Waals surface area contributed by atoms with Crippen molar-refractivity contribution in [2.75, 3.05) is 14.1 Å². The Hall–Kier alpha value is -2.09. The number of nitrogens with two attached hydrogens (primary N) is 2. The summed E-state index contributed by atoms with van der Waals surface area (Å²) in [5.41, 5.74) is 11.4. The zero-order chi connectivity index (χ0) is 31.6. The van der Waals surface area contributed by atoms with Crippen LogP contribution in [0.4, 0.5) is 0 Å². The molecule has 0 amide bonds. The van der Waals surface area contributed by atoms with E-state index in [-0.39, 0.29) is 45.6 Å². The van der Waals surface area contributed by atoms with Gasteiger partial charge >= 0.3 is 5.97 Å². The molecule has 4 saturated carbocycles. The number of allylic oxidation sites excluding steroid dienone is 2. The van der Waals surface area contributed by atoms with Crippen LogP contribution in [0.2, 0.25) is 0 Å². The summed E-state index contributed by atoms with van der Waals surface area (Å²) in [6.07, 6.45) is 11.6. The van der Waals surface area contributed by atoms with Gasteiger partial charge in [-0.25, -0.2) is 0 Å². The summed E-state index contributed by atoms with van der Waals surface area (Å²) >= 11 is 0. The van der Waals surface area contributed by atoms with Crippen LogP contribution in [0.15, 0.2) is 16.6 Å². The van der Waals surface area contributed by atoms with Crippen LogP contribution in [0.5, 0.6) is 0 Å². The number of rotatable bonds is 1. The van der Waals surface area contributed by atoms with Crippen molar-refractivity contribution in [1.29, 1.82) is 5.41 Å². The summed E-state index contributed by atoms with van der Waals surface area (Å²) < 4.78 is 0. The molecular formula is C34H59N5O3. The van der Waals surface area contributed by atoms with Crippen LogP contribution in [0.1, 0.15) is 106 Å². The van der Waals surface area contributed by atoms with Gasteiger partial charge < -0.3 is 26.6 Å². The van der Waals surface area contributed by atoms with Gasteiger partial charge in [0.1, 0.15) is 0 Å². The Morgan fingerprint density at radius 2 is 1.62 bits per heavy atom. The normalized spacial score (nSPS) is 45.2. The average Bonchev–Trinajstić information content (AvgIpc) is 2.89. The number of guanidine groups is 2. The van der Waals surface area contributed by atoms with E-state index in [1.165, 1.54) is 23.3 Å². The molecule has 238 valence electrons. The number of nitrogens with zero attached hydrogens (tertiary/aromatic N) is 2. The summed E-state index contributed by atoms with van der Waals surface area (Å²) in [7, 11) is 3.38.